The number of likely N-dealkylation sites (tertiary alicyclic amines) is 1. The number of nitriles is 1. The molecule has 15 heteroatoms. The van der Waals surface area contributed by atoms with E-state index in [1.165, 1.54) is 6.07 Å². The Balaban J connectivity index is 0.931. The number of Topliss-reactive ketones (excluding diaryl/α,β-unsaturated/α-hetero) is 1. The van der Waals surface area contributed by atoms with Gasteiger partial charge in [0.15, 0.2) is 10.9 Å². The molecule has 4 saturated heterocycles. The van der Waals surface area contributed by atoms with Crippen LogP contribution >= 0.6 is 12.2 Å². The van der Waals surface area contributed by atoms with E-state index in [0.29, 0.717) is 63.2 Å². The molecule has 0 spiro atoms. The Bertz CT molecular complexity index is 2210. The highest BCUT2D eigenvalue weighted by atomic mass is 32.1. The lowest BCUT2D eigenvalue weighted by atomic mass is 9.90. The number of anilines is 2. The van der Waals surface area contributed by atoms with Crippen LogP contribution in [0.25, 0.3) is 0 Å². The molecule has 0 saturated carbocycles. The molecule has 4 aliphatic heterocycles. The smallest absolute Gasteiger partial charge is 0.417 e. The Morgan fingerprint density at radius 1 is 0.983 bits per heavy atom. The van der Waals surface area contributed by atoms with E-state index in [4.69, 9.17) is 17.0 Å². The number of aryl methyl sites for hydroxylation is 1. The molecule has 2 bridgehead atoms. The highest BCUT2D eigenvalue weighted by Crippen LogP contribution is 2.41. The number of ether oxygens (including phenoxy) is 1. The second-order valence-corrected chi connectivity index (χ2v) is 16.7. The molecule has 3 aromatic rings. The van der Waals surface area contributed by atoms with Gasteiger partial charge in [0, 0.05) is 56.2 Å². The zero-order valence-electron chi connectivity index (χ0n) is 33.3. The number of benzene rings is 3. The summed E-state index contributed by atoms with van der Waals surface area (Å²) in [7, 11) is 0. The third-order valence-electron chi connectivity index (χ3n) is 12.0. The Morgan fingerprint density at radius 2 is 1.69 bits per heavy atom. The monoisotopic (exact) mass is 828 g/mol. The van der Waals surface area contributed by atoms with Gasteiger partial charge < -0.3 is 9.64 Å². The summed E-state index contributed by atoms with van der Waals surface area (Å²) >= 11 is 5.73. The number of rotatable bonds is 13. The molecule has 3 atom stereocenters. The molecule has 4 fully saturated rings. The molecule has 59 heavy (non-hydrogen) atoms. The number of piperidine rings is 1. The fourth-order valence-electron chi connectivity index (χ4n) is 8.96. The van der Waals surface area contributed by atoms with Gasteiger partial charge in [0.05, 0.1) is 29.4 Å². The molecule has 3 aromatic carbocycles. The van der Waals surface area contributed by atoms with Crippen LogP contribution in [0.1, 0.15) is 74.3 Å². The van der Waals surface area contributed by atoms with E-state index in [-0.39, 0.29) is 46.4 Å². The second-order valence-electron chi connectivity index (χ2n) is 16.4. The van der Waals surface area contributed by atoms with Gasteiger partial charge in [0.25, 0.3) is 5.91 Å². The Hall–Kier alpha value is -5.17. The van der Waals surface area contributed by atoms with Crippen LogP contribution in [0.5, 0.6) is 5.75 Å². The molecule has 0 aliphatic carbocycles. The minimum Gasteiger partial charge on any atom is -0.492 e. The third-order valence-corrected chi connectivity index (χ3v) is 12.4. The highest BCUT2D eigenvalue weighted by Gasteiger charge is 2.51. The zero-order valence-corrected chi connectivity index (χ0v) is 34.1. The number of alkyl halides is 3. The summed E-state index contributed by atoms with van der Waals surface area (Å²) in [6.45, 7) is 8.54. The van der Waals surface area contributed by atoms with Crippen molar-refractivity contribution in [1.29, 1.82) is 5.26 Å². The fraction of sp³-hybridized carbons (Fsp3) is 0.455. The summed E-state index contributed by atoms with van der Waals surface area (Å²) < 4.78 is 47.7. The lowest BCUT2D eigenvalue weighted by Crippen LogP contribution is -2.55. The van der Waals surface area contributed by atoms with E-state index in [1.54, 1.807) is 30.9 Å². The first-order valence-electron chi connectivity index (χ1n) is 20.0. The van der Waals surface area contributed by atoms with E-state index < -0.39 is 28.7 Å². The minimum atomic E-state index is -4.79. The fourth-order valence-corrected chi connectivity index (χ4v) is 9.48. The van der Waals surface area contributed by atoms with Crippen molar-refractivity contribution in [2.75, 3.05) is 42.6 Å². The number of hydrogen-bond acceptors (Lipinski definition) is 9. The summed E-state index contributed by atoms with van der Waals surface area (Å²) in [5, 5.41) is 11.7. The molecular weight excluding hydrogens is 782 g/mol. The Labute approximate surface area is 347 Å². The number of nitrogens with zero attached hydrogens (tertiary/aromatic N) is 5. The maximum Gasteiger partial charge on any atom is 0.417 e. The van der Waals surface area contributed by atoms with E-state index in [2.05, 4.69) is 15.1 Å². The topological polar surface area (TPSA) is 126 Å². The quantitative estimate of drug-likeness (QED) is 0.162. The number of nitrogens with one attached hydrogen (secondary N) is 1. The average molecular weight is 829 g/mol. The van der Waals surface area contributed by atoms with Crippen LogP contribution in [-0.2, 0) is 44.6 Å². The van der Waals surface area contributed by atoms with Crippen molar-refractivity contribution in [3.8, 4) is 11.8 Å². The maximum absolute atomic E-state index is 13.8. The summed E-state index contributed by atoms with van der Waals surface area (Å²) in [4.78, 5) is 58.3. The van der Waals surface area contributed by atoms with Crippen LogP contribution in [-0.4, -0.2) is 88.8 Å². The Morgan fingerprint density at radius 3 is 2.37 bits per heavy atom. The maximum atomic E-state index is 13.8. The SMILES string of the molecule is CCc1cc(N2C(=S)N(c3ccc(C#N)c(C(F)(F)F)c3)C(=O)C2(C)C)ccc1OCCN1CC2CCC(C1)N2CC(=O)Cc1cccc(CC2CCC(=O)NC2=O)c1. The molecule has 310 valence electrons. The number of hydrogen-bond donors (Lipinski definition) is 1. The number of thiocarbonyl (C=S) groups is 1. The molecule has 3 amide bonds. The molecule has 4 heterocycles. The summed E-state index contributed by atoms with van der Waals surface area (Å²) in [5.41, 5.74) is 0.444. The predicted molar refractivity (Wildman–Crippen MR) is 219 cm³/mol. The molecular formula is C44H47F3N6O5S. The van der Waals surface area contributed by atoms with Gasteiger partial charge in [0.2, 0.25) is 11.8 Å². The number of carbonyl (C=O) groups is 4. The van der Waals surface area contributed by atoms with Crippen LogP contribution < -0.4 is 19.9 Å². The predicted octanol–water partition coefficient (Wildman–Crippen LogP) is 5.99. The van der Waals surface area contributed by atoms with Gasteiger partial charge in [-0.15, -0.1) is 0 Å². The molecule has 0 aromatic heterocycles. The van der Waals surface area contributed by atoms with Crippen LogP contribution in [0.2, 0.25) is 0 Å². The minimum absolute atomic E-state index is 0.0280. The van der Waals surface area contributed by atoms with Gasteiger partial charge in [-0.05, 0) is 111 Å². The van der Waals surface area contributed by atoms with Crippen molar-refractivity contribution in [2.24, 2.45) is 5.92 Å². The average Bonchev–Trinajstić information content (AvgIpc) is 3.51. The Kier molecular flexibility index (Phi) is 12.0. The third kappa shape index (κ3) is 8.76. The van der Waals surface area contributed by atoms with Gasteiger partial charge in [-0.1, -0.05) is 31.2 Å². The van der Waals surface area contributed by atoms with Gasteiger partial charge >= 0.3 is 6.18 Å². The van der Waals surface area contributed by atoms with Crippen molar-refractivity contribution in [2.45, 2.75) is 89.5 Å². The van der Waals surface area contributed by atoms with Crippen molar-refractivity contribution in [3.63, 3.8) is 0 Å². The summed E-state index contributed by atoms with van der Waals surface area (Å²) in [5.74, 6) is -0.346. The summed E-state index contributed by atoms with van der Waals surface area (Å²) in [6.07, 6.45) is -0.374. The van der Waals surface area contributed by atoms with E-state index >= 15 is 0 Å². The number of ketones is 1. The van der Waals surface area contributed by atoms with Crippen LogP contribution in [0, 0.1) is 17.2 Å². The van der Waals surface area contributed by atoms with E-state index in [0.717, 1.165) is 59.7 Å². The number of fused-ring (bicyclic) bond motifs is 2. The lowest BCUT2D eigenvalue weighted by Gasteiger charge is -2.40. The normalized spacial score (nSPS) is 22.2. The van der Waals surface area contributed by atoms with Crippen LogP contribution in [0.4, 0.5) is 24.5 Å². The van der Waals surface area contributed by atoms with Gasteiger partial charge in [-0.25, -0.2) is 0 Å². The standard InChI is InChI=1S/C44H47F3N6O5S/c1-4-29-21-33(53-42(59)52(41(57)43(53,2)3)32-10-8-31(23-48)37(22-32)44(45,46)47)13-14-38(29)58-17-16-50-24-34-11-12-35(25-50)51(34)26-36(54)20-28-7-5-6-27(18-28)19-30-9-15-39(55)49-40(30)56/h5-8,10,13-14,18,21-22,30,34-35H,4,9,11-12,15-17,19-20,24-26H2,1-3H3,(H,49,55,56). The largest absolute Gasteiger partial charge is 0.492 e. The van der Waals surface area contributed by atoms with Crippen LogP contribution in [0.3, 0.4) is 0 Å². The summed E-state index contributed by atoms with van der Waals surface area (Å²) in [6, 6.07) is 18.6. The van der Waals surface area contributed by atoms with Crippen molar-refractivity contribution in [1.82, 2.24) is 15.1 Å². The first-order valence-corrected chi connectivity index (χ1v) is 20.4. The first-order chi connectivity index (χ1) is 28.1. The molecule has 1 N–H and O–H groups in total. The number of imide groups is 1. The zero-order chi connectivity index (χ0) is 42.2. The highest BCUT2D eigenvalue weighted by molar-refractivity contribution is 7.81. The van der Waals surface area contributed by atoms with Crippen LogP contribution in [0.15, 0.2) is 60.7 Å². The lowest BCUT2D eigenvalue weighted by molar-refractivity contribution is -0.138. The molecule has 0 radical (unpaired) electrons. The molecule has 4 aliphatic rings. The molecule has 7 rings (SSSR count). The van der Waals surface area contributed by atoms with E-state index in [1.807, 2.05) is 43.3 Å². The molecule has 3 unspecified atom stereocenters. The first kappa shape index (κ1) is 42.0. The van der Waals surface area contributed by atoms with Gasteiger partial charge in [-0.3, -0.25) is 39.2 Å². The number of halogens is 3. The van der Waals surface area contributed by atoms with Gasteiger partial charge in [0.1, 0.15) is 17.9 Å². The number of piperazine rings is 1. The van der Waals surface area contributed by atoms with Crippen molar-refractivity contribution < 1.29 is 37.1 Å². The second kappa shape index (κ2) is 16.8. The van der Waals surface area contributed by atoms with Gasteiger partial charge in [-0.2, -0.15) is 18.4 Å². The van der Waals surface area contributed by atoms with E-state index in [9.17, 15) is 37.6 Å². The number of carbonyl (C=O) groups excluding carboxylic acids is 4. The molecule has 11 nitrogen and oxygen atoms in total. The number of amides is 3. The van der Waals surface area contributed by atoms with Crippen molar-refractivity contribution >= 4 is 52.2 Å². The van der Waals surface area contributed by atoms with Crippen molar-refractivity contribution in [3.05, 3.63) is 88.5 Å².